The van der Waals surface area contributed by atoms with Crippen LogP contribution in [0.25, 0.3) is 0 Å². The number of morpholine rings is 1. The Labute approximate surface area is 106 Å². The standard InChI is InChI=1S/C11H19N5O2/c1-2-16(11(17)10-9-12-14-13-10)4-3-15-5-7-18-8-6-15/h9H,2-8H2,1H3,(H,12,13,14). The Balaban J connectivity index is 1.83. The first kappa shape index (κ1) is 13.0. The summed E-state index contributed by atoms with van der Waals surface area (Å²) in [7, 11) is 0. The molecule has 7 heteroatoms. The summed E-state index contributed by atoms with van der Waals surface area (Å²) in [5.74, 6) is -0.0699. The minimum atomic E-state index is -0.0699. The molecule has 1 N–H and O–H groups in total. The summed E-state index contributed by atoms with van der Waals surface area (Å²) in [4.78, 5) is 16.2. The first-order valence-corrected chi connectivity index (χ1v) is 6.26. The van der Waals surface area contributed by atoms with Crippen molar-refractivity contribution < 1.29 is 9.53 Å². The molecule has 0 radical (unpaired) electrons. The van der Waals surface area contributed by atoms with Crippen LogP contribution in [0.5, 0.6) is 0 Å². The molecule has 18 heavy (non-hydrogen) atoms. The second-order valence-electron chi connectivity index (χ2n) is 4.19. The fourth-order valence-corrected chi connectivity index (χ4v) is 1.96. The van der Waals surface area contributed by atoms with Crippen LogP contribution >= 0.6 is 0 Å². The molecule has 0 atom stereocenters. The lowest BCUT2D eigenvalue weighted by Crippen LogP contribution is -2.43. The maximum Gasteiger partial charge on any atom is 0.276 e. The van der Waals surface area contributed by atoms with E-state index in [0.29, 0.717) is 18.8 Å². The molecule has 0 aliphatic carbocycles. The number of likely N-dealkylation sites (N-methyl/N-ethyl adjacent to an activating group) is 1. The molecule has 1 fully saturated rings. The first-order valence-electron chi connectivity index (χ1n) is 6.26. The van der Waals surface area contributed by atoms with Gasteiger partial charge in [0.25, 0.3) is 5.91 Å². The summed E-state index contributed by atoms with van der Waals surface area (Å²) >= 11 is 0. The van der Waals surface area contributed by atoms with Gasteiger partial charge in [-0.2, -0.15) is 15.4 Å². The summed E-state index contributed by atoms with van der Waals surface area (Å²) in [5.41, 5.74) is 0.374. The number of carbonyl (C=O) groups is 1. The van der Waals surface area contributed by atoms with Crippen LogP contribution in [0.3, 0.4) is 0 Å². The average Bonchev–Trinajstić information content (AvgIpc) is 2.94. The van der Waals surface area contributed by atoms with E-state index in [4.69, 9.17) is 4.74 Å². The van der Waals surface area contributed by atoms with Crippen molar-refractivity contribution in [2.24, 2.45) is 0 Å². The second kappa shape index (κ2) is 6.46. The summed E-state index contributed by atoms with van der Waals surface area (Å²) in [6.45, 7) is 7.68. The number of hydrogen-bond donors (Lipinski definition) is 1. The zero-order valence-electron chi connectivity index (χ0n) is 10.6. The highest BCUT2D eigenvalue weighted by Crippen LogP contribution is 2.02. The number of carbonyl (C=O) groups excluding carboxylic acids is 1. The number of hydrogen-bond acceptors (Lipinski definition) is 5. The zero-order chi connectivity index (χ0) is 12.8. The smallest absolute Gasteiger partial charge is 0.276 e. The van der Waals surface area contributed by atoms with Gasteiger partial charge in [0.15, 0.2) is 5.69 Å². The van der Waals surface area contributed by atoms with Crippen molar-refractivity contribution in [3.05, 3.63) is 11.9 Å². The van der Waals surface area contributed by atoms with E-state index in [1.165, 1.54) is 6.20 Å². The summed E-state index contributed by atoms with van der Waals surface area (Å²) in [6.07, 6.45) is 1.46. The van der Waals surface area contributed by atoms with Crippen LogP contribution in [0, 0.1) is 0 Å². The highest BCUT2D eigenvalue weighted by atomic mass is 16.5. The van der Waals surface area contributed by atoms with E-state index < -0.39 is 0 Å². The van der Waals surface area contributed by atoms with Crippen molar-refractivity contribution in [1.82, 2.24) is 25.2 Å². The third-order valence-corrected chi connectivity index (χ3v) is 3.09. The number of aromatic nitrogens is 3. The monoisotopic (exact) mass is 253 g/mol. The number of ether oxygens (including phenoxy) is 1. The molecular weight excluding hydrogens is 234 g/mol. The molecule has 0 spiro atoms. The normalized spacial score (nSPS) is 16.7. The topological polar surface area (TPSA) is 74.3 Å². The fourth-order valence-electron chi connectivity index (χ4n) is 1.96. The minimum Gasteiger partial charge on any atom is -0.379 e. The van der Waals surface area contributed by atoms with Crippen LogP contribution in [0.2, 0.25) is 0 Å². The number of H-pyrrole nitrogens is 1. The van der Waals surface area contributed by atoms with Crippen LogP contribution in [0.4, 0.5) is 0 Å². The van der Waals surface area contributed by atoms with Gasteiger partial charge in [-0.3, -0.25) is 9.69 Å². The molecule has 100 valence electrons. The first-order chi connectivity index (χ1) is 8.81. The molecule has 2 rings (SSSR count). The molecule has 1 saturated heterocycles. The minimum absolute atomic E-state index is 0.0699. The quantitative estimate of drug-likeness (QED) is 0.773. The van der Waals surface area contributed by atoms with Gasteiger partial charge in [0.05, 0.1) is 19.4 Å². The zero-order valence-corrected chi connectivity index (χ0v) is 10.6. The highest BCUT2D eigenvalue weighted by molar-refractivity contribution is 5.91. The molecular formula is C11H19N5O2. The molecule has 0 unspecified atom stereocenters. The van der Waals surface area contributed by atoms with Gasteiger partial charge in [0.2, 0.25) is 0 Å². The van der Waals surface area contributed by atoms with Crippen LogP contribution in [-0.2, 0) is 4.74 Å². The number of rotatable bonds is 5. The molecule has 1 aliphatic rings. The number of amides is 1. The fraction of sp³-hybridized carbons (Fsp3) is 0.727. The molecule has 7 nitrogen and oxygen atoms in total. The average molecular weight is 253 g/mol. The Bertz CT molecular complexity index is 362. The van der Waals surface area contributed by atoms with Crippen LogP contribution < -0.4 is 0 Å². The molecule has 1 amide bonds. The molecule has 1 aromatic heterocycles. The van der Waals surface area contributed by atoms with E-state index in [9.17, 15) is 4.79 Å². The van der Waals surface area contributed by atoms with Gasteiger partial charge >= 0.3 is 0 Å². The molecule has 0 aromatic carbocycles. The van der Waals surface area contributed by atoms with E-state index in [-0.39, 0.29) is 5.91 Å². The predicted molar refractivity (Wildman–Crippen MR) is 65.2 cm³/mol. The lowest BCUT2D eigenvalue weighted by molar-refractivity contribution is 0.0327. The molecule has 1 aliphatic heterocycles. The van der Waals surface area contributed by atoms with Crippen molar-refractivity contribution >= 4 is 5.91 Å². The van der Waals surface area contributed by atoms with Crippen LogP contribution in [0.1, 0.15) is 17.4 Å². The third kappa shape index (κ3) is 3.27. The summed E-state index contributed by atoms with van der Waals surface area (Å²) in [6, 6.07) is 0. The number of aromatic amines is 1. The van der Waals surface area contributed by atoms with E-state index in [1.807, 2.05) is 6.92 Å². The molecule has 1 aromatic rings. The largest absolute Gasteiger partial charge is 0.379 e. The van der Waals surface area contributed by atoms with E-state index in [2.05, 4.69) is 20.3 Å². The van der Waals surface area contributed by atoms with Gasteiger partial charge in [-0.25, -0.2) is 0 Å². The maximum absolute atomic E-state index is 12.1. The number of nitrogens with one attached hydrogen (secondary N) is 1. The molecule has 0 bridgehead atoms. The van der Waals surface area contributed by atoms with Crippen molar-refractivity contribution in [2.45, 2.75) is 6.92 Å². The Morgan fingerprint density at radius 3 is 2.94 bits per heavy atom. The van der Waals surface area contributed by atoms with Crippen molar-refractivity contribution in [2.75, 3.05) is 45.9 Å². The van der Waals surface area contributed by atoms with E-state index in [0.717, 1.165) is 32.8 Å². The Hall–Kier alpha value is -1.47. The van der Waals surface area contributed by atoms with Gasteiger partial charge < -0.3 is 9.64 Å². The molecule has 2 heterocycles. The third-order valence-electron chi connectivity index (χ3n) is 3.09. The van der Waals surface area contributed by atoms with Crippen LogP contribution in [0.15, 0.2) is 6.20 Å². The van der Waals surface area contributed by atoms with Crippen molar-refractivity contribution in [3.8, 4) is 0 Å². The summed E-state index contributed by atoms with van der Waals surface area (Å²) < 4.78 is 5.29. The lowest BCUT2D eigenvalue weighted by Gasteiger charge is -2.29. The predicted octanol–water partition coefficient (Wildman–Crippen LogP) is -0.401. The Morgan fingerprint density at radius 1 is 1.56 bits per heavy atom. The SMILES string of the molecule is CCN(CCN1CCOCC1)C(=O)c1cn[nH]n1. The number of nitrogens with zero attached hydrogens (tertiary/aromatic N) is 4. The van der Waals surface area contributed by atoms with E-state index >= 15 is 0 Å². The van der Waals surface area contributed by atoms with Crippen LogP contribution in [-0.4, -0.2) is 77.1 Å². The summed E-state index contributed by atoms with van der Waals surface area (Å²) in [5, 5.41) is 9.94. The van der Waals surface area contributed by atoms with Crippen molar-refractivity contribution in [3.63, 3.8) is 0 Å². The van der Waals surface area contributed by atoms with Crippen molar-refractivity contribution in [1.29, 1.82) is 0 Å². The highest BCUT2D eigenvalue weighted by Gasteiger charge is 2.18. The van der Waals surface area contributed by atoms with Gasteiger partial charge in [0, 0.05) is 32.7 Å². The van der Waals surface area contributed by atoms with E-state index in [1.54, 1.807) is 4.90 Å². The Morgan fingerprint density at radius 2 is 2.33 bits per heavy atom. The maximum atomic E-state index is 12.1. The van der Waals surface area contributed by atoms with Gasteiger partial charge in [-0.1, -0.05) is 0 Å². The van der Waals surface area contributed by atoms with Gasteiger partial charge in [-0.05, 0) is 6.92 Å². The van der Waals surface area contributed by atoms with Gasteiger partial charge in [-0.15, -0.1) is 0 Å². The van der Waals surface area contributed by atoms with Gasteiger partial charge in [0.1, 0.15) is 0 Å². The lowest BCUT2D eigenvalue weighted by atomic mass is 10.3. The molecule has 0 saturated carbocycles. The Kier molecular flexibility index (Phi) is 4.66. The second-order valence-corrected chi connectivity index (χ2v) is 4.19.